The van der Waals surface area contributed by atoms with Gasteiger partial charge in [0.15, 0.2) is 0 Å². The van der Waals surface area contributed by atoms with E-state index >= 15 is 0 Å². The predicted molar refractivity (Wildman–Crippen MR) is 76.2 cm³/mol. The summed E-state index contributed by atoms with van der Waals surface area (Å²) < 4.78 is 5.37. The van der Waals surface area contributed by atoms with E-state index in [4.69, 9.17) is 4.74 Å². The van der Waals surface area contributed by atoms with Gasteiger partial charge in [-0.2, -0.15) is 0 Å². The maximum absolute atomic E-state index is 9.63. The second kappa shape index (κ2) is 6.79. The Hall–Kier alpha value is -1.02. The van der Waals surface area contributed by atoms with Crippen molar-refractivity contribution in [2.75, 3.05) is 7.11 Å². The smallest absolute Gasteiger partial charge is 0.122 e. The molecule has 0 saturated heterocycles. The third kappa shape index (κ3) is 5.54. The van der Waals surface area contributed by atoms with Gasteiger partial charge in [0.1, 0.15) is 5.75 Å². The third-order valence-electron chi connectivity index (χ3n) is 3.17. The number of unbranched alkanes of at least 4 members (excludes halogenated alkanes) is 2. The second-order valence-corrected chi connectivity index (χ2v) is 5.69. The maximum Gasteiger partial charge on any atom is 0.122 e. The number of hydrogen-bond donors (Lipinski definition) is 1. The van der Waals surface area contributed by atoms with Crippen molar-refractivity contribution in [2.24, 2.45) is 0 Å². The van der Waals surface area contributed by atoms with E-state index in [0.29, 0.717) is 0 Å². The van der Waals surface area contributed by atoms with Crippen LogP contribution in [0.15, 0.2) is 18.2 Å². The Morgan fingerprint density at radius 2 is 1.89 bits per heavy atom. The van der Waals surface area contributed by atoms with Crippen molar-refractivity contribution < 1.29 is 9.84 Å². The fourth-order valence-corrected chi connectivity index (χ4v) is 2.15. The first-order valence-electron chi connectivity index (χ1n) is 6.78. The van der Waals surface area contributed by atoms with Crippen molar-refractivity contribution in [1.82, 2.24) is 0 Å². The van der Waals surface area contributed by atoms with Crippen LogP contribution in [-0.4, -0.2) is 17.8 Å². The molecule has 2 heteroatoms. The Morgan fingerprint density at radius 3 is 2.50 bits per heavy atom. The number of benzene rings is 1. The summed E-state index contributed by atoms with van der Waals surface area (Å²) in [4.78, 5) is 0. The lowest BCUT2D eigenvalue weighted by molar-refractivity contribution is 0.0681. The van der Waals surface area contributed by atoms with Crippen LogP contribution in [0.1, 0.15) is 50.7 Å². The van der Waals surface area contributed by atoms with E-state index in [1.54, 1.807) is 7.11 Å². The summed E-state index contributed by atoms with van der Waals surface area (Å²) >= 11 is 0. The van der Waals surface area contributed by atoms with Crippen LogP contribution in [0.2, 0.25) is 0 Å². The molecule has 1 aromatic carbocycles. The summed E-state index contributed by atoms with van der Waals surface area (Å²) in [5, 5.41) is 9.63. The molecule has 0 bridgehead atoms. The Bertz CT molecular complexity index is 364. The molecule has 0 aliphatic heterocycles. The van der Waals surface area contributed by atoms with E-state index in [9.17, 15) is 5.11 Å². The minimum Gasteiger partial charge on any atom is -0.496 e. The molecule has 0 spiro atoms. The summed E-state index contributed by atoms with van der Waals surface area (Å²) in [5.41, 5.74) is 2.05. The Labute approximate surface area is 111 Å². The molecular formula is C16H26O2. The van der Waals surface area contributed by atoms with Gasteiger partial charge in [0.25, 0.3) is 0 Å². The van der Waals surface area contributed by atoms with Crippen molar-refractivity contribution in [3.8, 4) is 5.75 Å². The largest absolute Gasteiger partial charge is 0.496 e. The topological polar surface area (TPSA) is 29.5 Å². The normalized spacial score (nSPS) is 11.6. The summed E-state index contributed by atoms with van der Waals surface area (Å²) in [6.45, 7) is 5.85. The van der Waals surface area contributed by atoms with Crippen LogP contribution in [0.3, 0.4) is 0 Å². The average Bonchev–Trinajstić information content (AvgIpc) is 2.27. The maximum atomic E-state index is 9.63. The lowest BCUT2D eigenvalue weighted by Crippen LogP contribution is -2.17. The van der Waals surface area contributed by atoms with Crippen LogP contribution in [0.5, 0.6) is 5.75 Å². The molecule has 1 N–H and O–H groups in total. The van der Waals surface area contributed by atoms with Crippen molar-refractivity contribution in [2.45, 2.75) is 58.5 Å². The molecule has 0 unspecified atom stereocenters. The van der Waals surface area contributed by atoms with Gasteiger partial charge in [-0.1, -0.05) is 30.5 Å². The first-order valence-corrected chi connectivity index (χ1v) is 6.78. The quantitative estimate of drug-likeness (QED) is 0.744. The van der Waals surface area contributed by atoms with Crippen LogP contribution >= 0.6 is 0 Å². The fourth-order valence-electron chi connectivity index (χ4n) is 2.15. The summed E-state index contributed by atoms with van der Waals surface area (Å²) in [5.74, 6) is 0.989. The lowest BCUT2D eigenvalue weighted by Gasteiger charge is -2.16. The van der Waals surface area contributed by atoms with E-state index in [1.807, 2.05) is 19.9 Å². The van der Waals surface area contributed by atoms with Crippen LogP contribution in [-0.2, 0) is 6.42 Å². The highest BCUT2D eigenvalue weighted by molar-refractivity contribution is 5.36. The molecule has 0 saturated carbocycles. The van der Waals surface area contributed by atoms with E-state index in [2.05, 4.69) is 19.1 Å². The van der Waals surface area contributed by atoms with Gasteiger partial charge in [-0.15, -0.1) is 0 Å². The standard InChI is InChI=1S/C16H26O2/c1-13-9-10-15(18-4)14(12-13)8-6-5-7-11-16(2,3)17/h9-10,12,17H,5-8,11H2,1-4H3. The van der Waals surface area contributed by atoms with Crippen LogP contribution < -0.4 is 4.74 Å². The zero-order valence-corrected chi connectivity index (χ0v) is 12.1. The number of aryl methyl sites for hydroxylation is 2. The van der Waals surface area contributed by atoms with Gasteiger partial charge in [-0.05, 0) is 51.7 Å². The van der Waals surface area contributed by atoms with Gasteiger partial charge in [0.05, 0.1) is 12.7 Å². The second-order valence-electron chi connectivity index (χ2n) is 5.69. The number of methoxy groups -OCH3 is 1. The summed E-state index contributed by atoms with van der Waals surface area (Å²) in [6.07, 6.45) is 5.31. The number of ether oxygens (including phenoxy) is 1. The Morgan fingerprint density at radius 1 is 1.17 bits per heavy atom. The van der Waals surface area contributed by atoms with E-state index in [1.165, 1.54) is 11.1 Å². The predicted octanol–water partition coefficient (Wildman–Crippen LogP) is 3.88. The Balaban J connectivity index is 2.37. The first kappa shape index (κ1) is 15.0. The van der Waals surface area contributed by atoms with Crippen molar-refractivity contribution in [1.29, 1.82) is 0 Å². The van der Waals surface area contributed by atoms with Gasteiger partial charge in [-0.3, -0.25) is 0 Å². The van der Waals surface area contributed by atoms with Gasteiger partial charge >= 0.3 is 0 Å². The molecule has 0 atom stereocenters. The number of rotatable bonds is 7. The highest BCUT2D eigenvalue weighted by atomic mass is 16.5. The molecule has 0 fully saturated rings. The molecule has 0 amide bonds. The number of hydrogen-bond acceptors (Lipinski definition) is 2. The molecule has 18 heavy (non-hydrogen) atoms. The molecule has 0 aliphatic rings. The SMILES string of the molecule is COc1ccc(C)cc1CCCCCC(C)(C)O. The molecule has 102 valence electrons. The fraction of sp³-hybridized carbons (Fsp3) is 0.625. The minimum absolute atomic E-state index is 0.527. The minimum atomic E-state index is -0.527. The zero-order chi connectivity index (χ0) is 13.6. The average molecular weight is 250 g/mol. The molecule has 0 aromatic heterocycles. The molecule has 2 nitrogen and oxygen atoms in total. The summed E-state index contributed by atoms with van der Waals surface area (Å²) in [6, 6.07) is 6.33. The molecule has 1 rings (SSSR count). The monoisotopic (exact) mass is 250 g/mol. The van der Waals surface area contributed by atoms with E-state index < -0.39 is 5.60 Å². The van der Waals surface area contributed by atoms with Crippen LogP contribution in [0, 0.1) is 6.92 Å². The van der Waals surface area contributed by atoms with E-state index in [0.717, 1.165) is 37.9 Å². The molecule has 0 heterocycles. The van der Waals surface area contributed by atoms with Gasteiger partial charge in [0, 0.05) is 0 Å². The van der Waals surface area contributed by atoms with Crippen molar-refractivity contribution in [3.63, 3.8) is 0 Å². The van der Waals surface area contributed by atoms with Gasteiger partial charge < -0.3 is 9.84 Å². The molecular weight excluding hydrogens is 224 g/mol. The summed E-state index contributed by atoms with van der Waals surface area (Å²) in [7, 11) is 1.72. The highest BCUT2D eigenvalue weighted by Crippen LogP contribution is 2.22. The van der Waals surface area contributed by atoms with Crippen LogP contribution in [0.4, 0.5) is 0 Å². The van der Waals surface area contributed by atoms with E-state index in [-0.39, 0.29) is 0 Å². The molecule has 0 radical (unpaired) electrons. The highest BCUT2D eigenvalue weighted by Gasteiger charge is 2.11. The van der Waals surface area contributed by atoms with Crippen molar-refractivity contribution >= 4 is 0 Å². The van der Waals surface area contributed by atoms with Crippen molar-refractivity contribution in [3.05, 3.63) is 29.3 Å². The number of aliphatic hydroxyl groups is 1. The Kier molecular flexibility index (Phi) is 5.67. The molecule has 1 aromatic rings. The lowest BCUT2D eigenvalue weighted by atomic mass is 9.98. The third-order valence-corrected chi connectivity index (χ3v) is 3.17. The molecule has 0 aliphatic carbocycles. The first-order chi connectivity index (χ1) is 8.42. The zero-order valence-electron chi connectivity index (χ0n) is 12.1. The van der Waals surface area contributed by atoms with Gasteiger partial charge in [0.2, 0.25) is 0 Å². The van der Waals surface area contributed by atoms with Crippen LogP contribution in [0.25, 0.3) is 0 Å². The van der Waals surface area contributed by atoms with Gasteiger partial charge in [-0.25, -0.2) is 0 Å².